The van der Waals surface area contributed by atoms with Gasteiger partial charge in [0.15, 0.2) is 0 Å². The molecule has 2 nitrogen and oxygen atoms in total. The van der Waals surface area contributed by atoms with Crippen molar-refractivity contribution in [2.75, 3.05) is 0 Å². The lowest BCUT2D eigenvalue weighted by Gasteiger charge is -2.02. The number of aryl methyl sites for hydroxylation is 1. The Balaban J connectivity index is 2.39. The summed E-state index contributed by atoms with van der Waals surface area (Å²) >= 11 is 3.41. The zero-order chi connectivity index (χ0) is 10.8. The highest BCUT2D eigenvalue weighted by Crippen LogP contribution is 2.18. The summed E-state index contributed by atoms with van der Waals surface area (Å²) in [6.45, 7) is 1.97. The van der Waals surface area contributed by atoms with Gasteiger partial charge in [-0.1, -0.05) is 15.9 Å². The average molecular weight is 264 g/mol. The molecule has 0 aliphatic rings. The Bertz CT molecular complexity index is 488. The predicted octanol–water partition coefficient (Wildman–Crippen LogP) is 3.32. The second-order valence-electron chi connectivity index (χ2n) is 3.38. The normalized spacial score (nSPS) is 10.3. The van der Waals surface area contributed by atoms with Crippen LogP contribution in [0.2, 0.25) is 0 Å². The van der Waals surface area contributed by atoms with Crippen molar-refractivity contribution in [1.29, 1.82) is 0 Å². The van der Waals surface area contributed by atoms with E-state index >= 15 is 0 Å². The summed E-state index contributed by atoms with van der Waals surface area (Å²) in [4.78, 5) is 14.8. The lowest BCUT2D eigenvalue weighted by molar-refractivity contribution is 0.103. The van der Waals surface area contributed by atoms with Crippen LogP contribution in [0.25, 0.3) is 0 Å². The second kappa shape index (κ2) is 4.03. The molecule has 0 saturated carbocycles. The second-order valence-corrected chi connectivity index (χ2v) is 4.23. The lowest BCUT2D eigenvalue weighted by atomic mass is 10.1. The molecule has 0 amide bonds. The van der Waals surface area contributed by atoms with Crippen LogP contribution in [0.1, 0.15) is 21.6 Å². The summed E-state index contributed by atoms with van der Waals surface area (Å²) in [6.07, 6.45) is 1.75. The van der Waals surface area contributed by atoms with Crippen LogP contribution in [0.15, 0.2) is 41.0 Å². The van der Waals surface area contributed by atoms with Gasteiger partial charge in [-0.15, -0.1) is 0 Å². The minimum Gasteiger partial charge on any atom is -0.359 e. The van der Waals surface area contributed by atoms with E-state index in [1.165, 1.54) is 0 Å². The highest BCUT2D eigenvalue weighted by atomic mass is 79.9. The largest absolute Gasteiger partial charge is 0.359 e. The van der Waals surface area contributed by atoms with Crippen LogP contribution in [-0.4, -0.2) is 10.8 Å². The van der Waals surface area contributed by atoms with Gasteiger partial charge in [-0.05, 0) is 42.8 Å². The van der Waals surface area contributed by atoms with Gasteiger partial charge in [0.05, 0.1) is 5.69 Å². The molecule has 1 aromatic heterocycles. The van der Waals surface area contributed by atoms with Crippen LogP contribution in [0.3, 0.4) is 0 Å². The first kappa shape index (κ1) is 10.2. The van der Waals surface area contributed by atoms with Gasteiger partial charge in [-0.3, -0.25) is 4.79 Å². The number of ketones is 1. The van der Waals surface area contributed by atoms with E-state index in [4.69, 9.17) is 0 Å². The molecule has 3 heteroatoms. The molecule has 0 spiro atoms. The fourth-order valence-electron chi connectivity index (χ4n) is 1.41. The Morgan fingerprint density at radius 3 is 2.73 bits per heavy atom. The first-order valence-corrected chi connectivity index (χ1v) is 5.42. The molecule has 15 heavy (non-hydrogen) atoms. The van der Waals surface area contributed by atoms with E-state index < -0.39 is 0 Å². The number of hydrogen-bond acceptors (Lipinski definition) is 1. The molecule has 0 aliphatic carbocycles. The predicted molar refractivity (Wildman–Crippen MR) is 63.1 cm³/mol. The third kappa shape index (κ3) is 2.02. The molecule has 0 atom stereocenters. The van der Waals surface area contributed by atoms with E-state index in [-0.39, 0.29) is 5.78 Å². The Kier molecular flexibility index (Phi) is 2.73. The van der Waals surface area contributed by atoms with Crippen LogP contribution >= 0.6 is 15.9 Å². The molecular formula is C12H10BrNO. The molecule has 2 aromatic rings. The van der Waals surface area contributed by atoms with E-state index in [0.29, 0.717) is 11.3 Å². The standard InChI is InChI=1S/C12H10BrNO/c1-8-7-9(4-5-10(8)13)12(15)11-3-2-6-14-11/h2-7,14H,1H3. The van der Waals surface area contributed by atoms with Crippen molar-refractivity contribution in [1.82, 2.24) is 4.98 Å². The minimum atomic E-state index is 0.0237. The molecule has 0 saturated heterocycles. The molecule has 1 N–H and O–H groups in total. The van der Waals surface area contributed by atoms with Crippen molar-refractivity contribution in [2.45, 2.75) is 6.92 Å². The number of benzene rings is 1. The fraction of sp³-hybridized carbons (Fsp3) is 0.0833. The molecule has 0 aliphatic heterocycles. The van der Waals surface area contributed by atoms with Crippen LogP contribution in [0.5, 0.6) is 0 Å². The quantitative estimate of drug-likeness (QED) is 0.829. The van der Waals surface area contributed by atoms with Gasteiger partial charge in [-0.2, -0.15) is 0 Å². The van der Waals surface area contributed by atoms with Crippen LogP contribution < -0.4 is 0 Å². The number of halogens is 1. The first-order chi connectivity index (χ1) is 7.18. The molecule has 0 fully saturated rings. The number of rotatable bonds is 2. The lowest BCUT2D eigenvalue weighted by Crippen LogP contribution is -2.01. The summed E-state index contributed by atoms with van der Waals surface area (Å²) in [6, 6.07) is 9.19. The molecule has 76 valence electrons. The van der Waals surface area contributed by atoms with Crippen molar-refractivity contribution in [3.63, 3.8) is 0 Å². The average Bonchev–Trinajstić information content (AvgIpc) is 2.74. The van der Waals surface area contributed by atoms with Gasteiger partial charge in [-0.25, -0.2) is 0 Å². The maximum atomic E-state index is 11.9. The molecule has 2 rings (SSSR count). The Morgan fingerprint density at radius 1 is 1.33 bits per heavy atom. The Labute approximate surface area is 96.5 Å². The number of aromatic nitrogens is 1. The van der Waals surface area contributed by atoms with Crippen molar-refractivity contribution in [3.05, 3.63) is 57.8 Å². The van der Waals surface area contributed by atoms with Crippen LogP contribution in [-0.2, 0) is 0 Å². The van der Waals surface area contributed by atoms with Crippen LogP contribution in [0, 0.1) is 6.92 Å². The van der Waals surface area contributed by atoms with Crippen LogP contribution in [0.4, 0.5) is 0 Å². The van der Waals surface area contributed by atoms with Gasteiger partial charge in [0.1, 0.15) is 0 Å². The Morgan fingerprint density at radius 2 is 2.13 bits per heavy atom. The van der Waals surface area contributed by atoms with E-state index in [1.54, 1.807) is 12.3 Å². The number of carbonyl (C=O) groups excluding carboxylic acids is 1. The van der Waals surface area contributed by atoms with Gasteiger partial charge >= 0.3 is 0 Å². The maximum Gasteiger partial charge on any atom is 0.209 e. The first-order valence-electron chi connectivity index (χ1n) is 4.63. The van der Waals surface area contributed by atoms with Gasteiger partial charge < -0.3 is 4.98 Å². The summed E-state index contributed by atoms with van der Waals surface area (Å²) < 4.78 is 1.02. The van der Waals surface area contributed by atoms with E-state index in [9.17, 15) is 4.79 Å². The summed E-state index contributed by atoms with van der Waals surface area (Å²) in [5.41, 5.74) is 2.39. The number of aromatic amines is 1. The van der Waals surface area contributed by atoms with Crippen molar-refractivity contribution < 1.29 is 4.79 Å². The molecular weight excluding hydrogens is 254 g/mol. The van der Waals surface area contributed by atoms with Gasteiger partial charge in [0, 0.05) is 16.2 Å². The highest BCUT2D eigenvalue weighted by Gasteiger charge is 2.09. The summed E-state index contributed by atoms with van der Waals surface area (Å²) in [7, 11) is 0. The topological polar surface area (TPSA) is 32.9 Å². The monoisotopic (exact) mass is 263 g/mol. The van der Waals surface area contributed by atoms with Crippen molar-refractivity contribution in [2.24, 2.45) is 0 Å². The number of carbonyl (C=O) groups is 1. The molecule has 1 aromatic carbocycles. The molecule has 0 radical (unpaired) electrons. The SMILES string of the molecule is Cc1cc(C(=O)c2ccc[nH]2)ccc1Br. The minimum absolute atomic E-state index is 0.0237. The van der Waals surface area contributed by atoms with E-state index in [1.807, 2.05) is 31.2 Å². The summed E-state index contributed by atoms with van der Waals surface area (Å²) in [5.74, 6) is 0.0237. The number of H-pyrrole nitrogens is 1. The number of hydrogen-bond donors (Lipinski definition) is 1. The fourth-order valence-corrected chi connectivity index (χ4v) is 1.66. The highest BCUT2D eigenvalue weighted by molar-refractivity contribution is 9.10. The smallest absolute Gasteiger partial charge is 0.209 e. The number of nitrogens with one attached hydrogen (secondary N) is 1. The Hall–Kier alpha value is -1.35. The van der Waals surface area contributed by atoms with Crippen molar-refractivity contribution in [3.8, 4) is 0 Å². The van der Waals surface area contributed by atoms with Crippen molar-refractivity contribution >= 4 is 21.7 Å². The third-order valence-corrected chi connectivity index (χ3v) is 3.15. The van der Waals surface area contributed by atoms with Gasteiger partial charge in [0.2, 0.25) is 5.78 Å². The molecule has 0 bridgehead atoms. The summed E-state index contributed by atoms with van der Waals surface area (Å²) in [5, 5.41) is 0. The zero-order valence-electron chi connectivity index (χ0n) is 8.25. The maximum absolute atomic E-state index is 11.9. The van der Waals surface area contributed by atoms with E-state index in [2.05, 4.69) is 20.9 Å². The molecule has 0 unspecified atom stereocenters. The van der Waals surface area contributed by atoms with Gasteiger partial charge in [0.25, 0.3) is 0 Å². The zero-order valence-corrected chi connectivity index (χ0v) is 9.84. The third-order valence-electron chi connectivity index (χ3n) is 2.26. The molecule has 1 heterocycles. The van der Waals surface area contributed by atoms with E-state index in [0.717, 1.165) is 10.0 Å².